The van der Waals surface area contributed by atoms with Crippen LogP contribution in [-0.4, -0.2) is 30.8 Å². The predicted octanol–water partition coefficient (Wildman–Crippen LogP) is -0.665. The average molecular weight is 150 g/mol. The van der Waals surface area contributed by atoms with Crippen molar-refractivity contribution < 1.29 is 5.11 Å². The van der Waals surface area contributed by atoms with Crippen molar-refractivity contribution in [2.24, 2.45) is 0 Å². The van der Waals surface area contributed by atoms with Crippen molar-refractivity contribution in [2.75, 3.05) is 13.6 Å². The second-order valence-corrected chi connectivity index (χ2v) is 2.41. The number of rotatable bonds is 4. The van der Waals surface area contributed by atoms with Gasteiger partial charge >= 0.3 is 0 Å². The van der Waals surface area contributed by atoms with Gasteiger partial charge in [0.05, 0.1) is 6.10 Å². The number of aliphatic hydroxyl groups excluding tert-OH is 1. The Morgan fingerprint density at radius 3 is 2.56 bits per heavy atom. The van der Waals surface area contributed by atoms with Gasteiger partial charge in [-0.25, -0.2) is 0 Å². The zero-order chi connectivity index (χ0) is 7.28. The zero-order valence-corrected chi connectivity index (χ0v) is 7.04. The Hall–Kier alpha value is 0.310. The maximum absolute atomic E-state index is 9.18. The van der Waals surface area contributed by atoms with Crippen LogP contribution in [-0.2, 0) is 0 Å². The van der Waals surface area contributed by atoms with Crippen molar-refractivity contribution >= 4 is 9.39 Å². The Kier molecular flexibility index (Phi) is 5.30. The minimum Gasteiger partial charge on any atom is -0.390 e. The molecule has 4 heteroatoms. The van der Waals surface area contributed by atoms with Crippen molar-refractivity contribution in [1.82, 2.24) is 10.4 Å². The largest absolute Gasteiger partial charge is 0.390 e. The summed E-state index contributed by atoms with van der Waals surface area (Å²) in [5.74, 6) is 0. The van der Waals surface area contributed by atoms with E-state index in [0.717, 1.165) is 0 Å². The van der Waals surface area contributed by atoms with Crippen LogP contribution in [0.4, 0.5) is 0 Å². The van der Waals surface area contributed by atoms with Gasteiger partial charge in [-0.2, -0.15) is 0 Å². The zero-order valence-electron chi connectivity index (χ0n) is 5.89. The third-order valence-corrected chi connectivity index (χ3v) is 1.78. The minimum atomic E-state index is -0.313. The summed E-state index contributed by atoms with van der Waals surface area (Å²) in [6.07, 6.45) is -0.313. The number of likely N-dealkylation sites (N-methyl/N-ethyl adjacent to an activating group) is 1. The summed E-state index contributed by atoms with van der Waals surface area (Å²) < 4.78 is 0. The van der Waals surface area contributed by atoms with Gasteiger partial charge in [0.15, 0.2) is 0 Å². The van der Waals surface area contributed by atoms with Crippen LogP contribution in [0.3, 0.4) is 0 Å². The fourth-order valence-corrected chi connectivity index (χ4v) is 0.719. The fourth-order valence-electron chi connectivity index (χ4n) is 0.497. The highest BCUT2D eigenvalue weighted by atomic mass is 31.0. The SMILES string of the molecule is CNCC(O)C(C)NP. The van der Waals surface area contributed by atoms with Crippen molar-refractivity contribution in [3.8, 4) is 0 Å². The summed E-state index contributed by atoms with van der Waals surface area (Å²) in [7, 11) is 4.19. The number of hydrogen-bond donors (Lipinski definition) is 3. The van der Waals surface area contributed by atoms with Crippen LogP contribution in [0.5, 0.6) is 0 Å². The molecule has 0 aliphatic carbocycles. The molecule has 3 N–H and O–H groups in total. The number of aliphatic hydroxyl groups is 1. The lowest BCUT2D eigenvalue weighted by molar-refractivity contribution is 0.146. The normalized spacial score (nSPS) is 17.3. The molecular formula is C5H15N2OP. The predicted molar refractivity (Wildman–Crippen MR) is 42.2 cm³/mol. The highest BCUT2D eigenvalue weighted by Crippen LogP contribution is 1.91. The summed E-state index contributed by atoms with van der Waals surface area (Å²) in [5.41, 5.74) is 0. The van der Waals surface area contributed by atoms with Crippen LogP contribution in [0.25, 0.3) is 0 Å². The molecule has 56 valence electrons. The second-order valence-electron chi connectivity index (χ2n) is 2.08. The van der Waals surface area contributed by atoms with E-state index >= 15 is 0 Å². The first-order valence-electron chi connectivity index (χ1n) is 3.01. The molecule has 0 rings (SSSR count). The number of hydrogen-bond acceptors (Lipinski definition) is 3. The van der Waals surface area contributed by atoms with Crippen molar-refractivity contribution in [3.05, 3.63) is 0 Å². The Labute approximate surface area is 58.5 Å². The fraction of sp³-hybridized carbons (Fsp3) is 1.00. The topological polar surface area (TPSA) is 44.3 Å². The maximum Gasteiger partial charge on any atom is 0.0817 e. The van der Waals surface area contributed by atoms with Crippen LogP contribution in [0.2, 0.25) is 0 Å². The molecule has 3 nitrogen and oxygen atoms in total. The monoisotopic (exact) mass is 150 g/mol. The van der Waals surface area contributed by atoms with E-state index in [9.17, 15) is 5.11 Å². The molecule has 0 aromatic rings. The molecule has 3 atom stereocenters. The lowest BCUT2D eigenvalue weighted by Crippen LogP contribution is -2.38. The van der Waals surface area contributed by atoms with Crippen molar-refractivity contribution in [2.45, 2.75) is 19.1 Å². The third kappa shape index (κ3) is 3.82. The summed E-state index contributed by atoms with van der Waals surface area (Å²) in [6.45, 7) is 2.55. The van der Waals surface area contributed by atoms with E-state index in [1.165, 1.54) is 0 Å². The van der Waals surface area contributed by atoms with Gasteiger partial charge in [-0.3, -0.25) is 5.09 Å². The summed E-state index contributed by atoms with van der Waals surface area (Å²) in [4.78, 5) is 0. The first kappa shape index (κ1) is 9.31. The van der Waals surface area contributed by atoms with E-state index < -0.39 is 0 Å². The molecule has 3 unspecified atom stereocenters. The molecule has 0 aliphatic heterocycles. The van der Waals surface area contributed by atoms with E-state index in [2.05, 4.69) is 19.8 Å². The molecule has 9 heavy (non-hydrogen) atoms. The third-order valence-electron chi connectivity index (χ3n) is 1.25. The van der Waals surface area contributed by atoms with Gasteiger partial charge in [0.2, 0.25) is 0 Å². The summed E-state index contributed by atoms with van der Waals surface area (Å²) in [6, 6.07) is 0.127. The molecule has 0 aromatic carbocycles. The second kappa shape index (κ2) is 5.12. The van der Waals surface area contributed by atoms with Gasteiger partial charge in [0.25, 0.3) is 0 Å². The van der Waals surface area contributed by atoms with Gasteiger partial charge in [-0.1, -0.05) is 9.39 Å². The Morgan fingerprint density at radius 1 is 1.67 bits per heavy atom. The quantitative estimate of drug-likeness (QED) is 0.466. The molecule has 0 saturated heterocycles. The average Bonchev–Trinajstić information content (AvgIpc) is 1.87. The highest BCUT2D eigenvalue weighted by molar-refractivity contribution is 7.13. The smallest absolute Gasteiger partial charge is 0.0817 e. The molecule has 0 radical (unpaired) electrons. The summed E-state index contributed by atoms with van der Waals surface area (Å²) in [5, 5.41) is 14.9. The molecule has 0 bridgehead atoms. The highest BCUT2D eigenvalue weighted by Gasteiger charge is 2.09. The van der Waals surface area contributed by atoms with E-state index in [4.69, 9.17) is 0 Å². The van der Waals surface area contributed by atoms with Gasteiger partial charge in [0, 0.05) is 12.6 Å². The summed E-state index contributed by atoms with van der Waals surface area (Å²) >= 11 is 0. The van der Waals surface area contributed by atoms with Gasteiger partial charge in [-0.15, -0.1) is 0 Å². The molecule has 0 fully saturated rings. The molecule has 0 aliphatic rings. The molecule has 0 amide bonds. The molecular weight excluding hydrogens is 135 g/mol. The van der Waals surface area contributed by atoms with Gasteiger partial charge in [0.1, 0.15) is 0 Å². The molecule has 0 aromatic heterocycles. The maximum atomic E-state index is 9.18. The van der Waals surface area contributed by atoms with E-state index in [-0.39, 0.29) is 12.1 Å². The van der Waals surface area contributed by atoms with Gasteiger partial charge in [-0.05, 0) is 14.0 Å². The van der Waals surface area contributed by atoms with Crippen LogP contribution < -0.4 is 10.4 Å². The molecule has 0 heterocycles. The minimum absolute atomic E-state index is 0.127. The first-order chi connectivity index (χ1) is 4.22. The lowest BCUT2D eigenvalue weighted by Gasteiger charge is -2.16. The molecule has 0 saturated carbocycles. The molecule has 0 spiro atoms. The van der Waals surface area contributed by atoms with E-state index in [0.29, 0.717) is 6.54 Å². The van der Waals surface area contributed by atoms with E-state index in [1.54, 1.807) is 0 Å². The van der Waals surface area contributed by atoms with Gasteiger partial charge < -0.3 is 10.4 Å². The van der Waals surface area contributed by atoms with Crippen LogP contribution in [0.1, 0.15) is 6.92 Å². The Morgan fingerprint density at radius 2 is 2.22 bits per heavy atom. The van der Waals surface area contributed by atoms with Crippen molar-refractivity contribution in [1.29, 1.82) is 0 Å². The van der Waals surface area contributed by atoms with Crippen LogP contribution >= 0.6 is 9.39 Å². The number of nitrogens with one attached hydrogen (secondary N) is 2. The standard InChI is InChI=1S/C5H15N2OP/c1-4(7-9)5(8)3-6-2/h4-8H,3,9H2,1-2H3. The first-order valence-corrected chi connectivity index (χ1v) is 3.59. The Balaban J connectivity index is 3.32. The van der Waals surface area contributed by atoms with Crippen molar-refractivity contribution in [3.63, 3.8) is 0 Å². The van der Waals surface area contributed by atoms with E-state index in [1.807, 2.05) is 14.0 Å². The van der Waals surface area contributed by atoms with Crippen LogP contribution in [0, 0.1) is 0 Å². The lowest BCUT2D eigenvalue weighted by atomic mass is 10.2. The van der Waals surface area contributed by atoms with Crippen LogP contribution in [0.15, 0.2) is 0 Å². The Bertz CT molecular complexity index is 72.0.